The molecule has 4 rings (SSSR count). The fourth-order valence-corrected chi connectivity index (χ4v) is 4.90. The summed E-state index contributed by atoms with van der Waals surface area (Å²) >= 11 is 8.70. The van der Waals surface area contributed by atoms with Gasteiger partial charge in [-0.2, -0.15) is 0 Å². The van der Waals surface area contributed by atoms with Crippen LogP contribution in [0.5, 0.6) is 17.2 Å². The van der Waals surface area contributed by atoms with Crippen molar-refractivity contribution in [2.45, 2.75) is 25.6 Å². The first-order valence-electron chi connectivity index (χ1n) is 9.62. The molecule has 8 heteroatoms. The van der Waals surface area contributed by atoms with Gasteiger partial charge in [-0.3, -0.25) is 9.59 Å². The van der Waals surface area contributed by atoms with Gasteiger partial charge in [-0.1, -0.05) is 30.7 Å². The number of hydrogen-bond donors (Lipinski definition) is 0. The Labute approximate surface area is 198 Å². The maximum atomic E-state index is 13.8. The van der Waals surface area contributed by atoms with E-state index in [0.29, 0.717) is 11.5 Å². The van der Waals surface area contributed by atoms with Crippen LogP contribution in [-0.4, -0.2) is 31.4 Å². The lowest BCUT2D eigenvalue weighted by molar-refractivity contribution is -0.118. The smallest absolute Gasteiger partial charge is 0.231 e. The molecule has 0 N–H and O–H groups in total. The molecule has 2 aromatic rings. The summed E-state index contributed by atoms with van der Waals surface area (Å²) in [5, 5.41) is 0.171. The largest absolute Gasteiger partial charge is 0.496 e. The van der Waals surface area contributed by atoms with Gasteiger partial charge in [0, 0.05) is 28.1 Å². The number of carbonyl (C=O) groups excluding carboxylic acids is 2. The van der Waals surface area contributed by atoms with Gasteiger partial charge in [-0.05, 0) is 40.3 Å². The molecular formula is C23H20ClIO6. The molecule has 0 amide bonds. The van der Waals surface area contributed by atoms with Gasteiger partial charge in [-0.15, -0.1) is 0 Å². The lowest BCUT2D eigenvalue weighted by atomic mass is 9.75. The van der Waals surface area contributed by atoms with Crippen LogP contribution in [0.4, 0.5) is 0 Å². The van der Waals surface area contributed by atoms with Gasteiger partial charge >= 0.3 is 0 Å². The third-order valence-electron chi connectivity index (χ3n) is 5.56. The first kappa shape index (κ1) is 22.0. The molecule has 2 aromatic carbocycles. The average Bonchev–Trinajstić information content (AvgIpc) is 3.05. The predicted molar refractivity (Wildman–Crippen MR) is 123 cm³/mol. The second kappa shape index (κ2) is 8.35. The minimum atomic E-state index is -1.50. The molecule has 1 aliphatic heterocycles. The molecule has 2 aliphatic rings. The molecular weight excluding hydrogens is 533 g/mol. The van der Waals surface area contributed by atoms with E-state index in [0.717, 1.165) is 9.13 Å². The molecule has 0 unspecified atom stereocenters. The molecule has 1 aliphatic carbocycles. The summed E-state index contributed by atoms with van der Waals surface area (Å²) in [5.41, 5.74) is -0.367. The third-order valence-corrected chi connectivity index (χ3v) is 6.59. The van der Waals surface area contributed by atoms with E-state index in [1.165, 1.54) is 20.3 Å². The van der Waals surface area contributed by atoms with Gasteiger partial charge in [0.25, 0.3) is 0 Å². The van der Waals surface area contributed by atoms with Crippen LogP contribution in [-0.2, 0) is 16.1 Å². The molecule has 31 heavy (non-hydrogen) atoms. The van der Waals surface area contributed by atoms with Crippen molar-refractivity contribution in [2.75, 3.05) is 14.2 Å². The maximum absolute atomic E-state index is 13.8. The fourth-order valence-electron chi connectivity index (χ4n) is 4.03. The predicted octanol–water partition coefficient (Wildman–Crippen LogP) is 4.99. The molecule has 162 valence electrons. The second-order valence-corrected chi connectivity index (χ2v) is 9.09. The summed E-state index contributed by atoms with van der Waals surface area (Å²) in [6, 6.07) is 9.33. The SMILES string of the molecule is COc1cc(OC)c2c(c1Cl)O[C@]1(C2=O)C(OCc2cccc([125I])c2)=CC(=O)C[C@H]1C. The van der Waals surface area contributed by atoms with Crippen molar-refractivity contribution in [2.24, 2.45) is 5.92 Å². The molecule has 6 nitrogen and oxygen atoms in total. The summed E-state index contributed by atoms with van der Waals surface area (Å²) < 4.78 is 24.1. The molecule has 2 atom stereocenters. The fraction of sp³-hybridized carbons (Fsp3) is 0.304. The minimum Gasteiger partial charge on any atom is -0.496 e. The summed E-state index contributed by atoms with van der Waals surface area (Å²) in [6.45, 7) is 1.98. The van der Waals surface area contributed by atoms with Crippen molar-refractivity contribution in [1.82, 2.24) is 0 Å². The van der Waals surface area contributed by atoms with Crippen molar-refractivity contribution in [1.29, 1.82) is 0 Å². The van der Waals surface area contributed by atoms with Gasteiger partial charge in [0.15, 0.2) is 17.3 Å². The van der Waals surface area contributed by atoms with Gasteiger partial charge in [0.1, 0.15) is 28.7 Å². The highest BCUT2D eigenvalue weighted by atomic mass is 125. The van der Waals surface area contributed by atoms with Crippen LogP contribution in [0, 0.1) is 9.49 Å². The van der Waals surface area contributed by atoms with Crippen molar-refractivity contribution in [3.8, 4) is 17.2 Å². The Morgan fingerprint density at radius 1 is 1.19 bits per heavy atom. The van der Waals surface area contributed by atoms with Crippen molar-refractivity contribution >= 4 is 45.8 Å². The number of rotatable bonds is 5. The lowest BCUT2D eigenvalue weighted by Crippen LogP contribution is -2.51. The van der Waals surface area contributed by atoms with Crippen molar-refractivity contribution in [3.63, 3.8) is 0 Å². The maximum Gasteiger partial charge on any atom is 0.231 e. The number of methoxy groups -OCH3 is 2. The van der Waals surface area contributed by atoms with Gasteiger partial charge < -0.3 is 18.9 Å². The average molecular weight is 553 g/mol. The van der Waals surface area contributed by atoms with Crippen LogP contribution in [0.2, 0.25) is 5.02 Å². The van der Waals surface area contributed by atoms with Crippen molar-refractivity contribution < 1.29 is 28.5 Å². The van der Waals surface area contributed by atoms with E-state index in [2.05, 4.69) is 22.6 Å². The summed E-state index contributed by atoms with van der Waals surface area (Å²) in [4.78, 5) is 26.1. The zero-order chi connectivity index (χ0) is 22.3. The standard InChI is InChI=1S/C23H20ClIO6/c1-12-7-15(26)9-18(30-11-13-5-4-6-14(25)8-13)23(12)22(27)19-16(28-2)10-17(29-3)20(24)21(19)31-23/h4-6,8-10,12H,7,11H2,1-3H3/t12-,23+/m1/s1/i25-2. The van der Waals surface area contributed by atoms with E-state index in [-0.39, 0.29) is 46.7 Å². The summed E-state index contributed by atoms with van der Waals surface area (Å²) in [6.07, 6.45) is 1.50. The zero-order valence-corrected chi connectivity index (χ0v) is 20.1. The topological polar surface area (TPSA) is 71.1 Å². The van der Waals surface area contributed by atoms with Crippen LogP contribution in [0.1, 0.15) is 29.3 Å². The van der Waals surface area contributed by atoms with Crippen molar-refractivity contribution in [3.05, 3.63) is 61.9 Å². The lowest BCUT2D eigenvalue weighted by Gasteiger charge is -2.37. The first-order valence-corrected chi connectivity index (χ1v) is 11.1. The van der Waals surface area contributed by atoms with E-state index in [1.807, 2.05) is 24.3 Å². The van der Waals surface area contributed by atoms with Crippen LogP contribution in [0.3, 0.4) is 0 Å². The molecule has 0 saturated heterocycles. The van der Waals surface area contributed by atoms with Gasteiger partial charge in [0.2, 0.25) is 11.4 Å². The summed E-state index contributed by atoms with van der Waals surface area (Å²) in [5.74, 6) is 0.0199. The number of ether oxygens (including phenoxy) is 4. The number of hydrogen-bond acceptors (Lipinski definition) is 6. The number of halogens is 2. The Balaban J connectivity index is 1.78. The number of carbonyl (C=O) groups is 2. The second-order valence-electron chi connectivity index (χ2n) is 7.46. The van der Waals surface area contributed by atoms with E-state index in [1.54, 1.807) is 13.0 Å². The molecule has 0 fully saturated rings. The number of allylic oxidation sites excluding steroid dienone is 1. The summed E-state index contributed by atoms with van der Waals surface area (Å²) in [7, 11) is 2.93. The van der Waals surface area contributed by atoms with Crippen LogP contribution < -0.4 is 14.2 Å². The normalized spacial score (nSPS) is 22.1. The van der Waals surface area contributed by atoms with E-state index in [9.17, 15) is 9.59 Å². The molecule has 0 radical (unpaired) electrons. The molecule has 0 bridgehead atoms. The Hall–Kier alpha value is -2.26. The Morgan fingerprint density at radius 3 is 2.61 bits per heavy atom. The number of benzene rings is 2. The van der Waals surface area contributed by atoms with Crippen LogP contribution >= 0.6 is 34.2 Å². The molecule has 0 saturated carbocycles. The highest BCUT2D eigenvalue weighted by Crippen LogP contribution is 2.54. The Morgan fingerprint density at radius 2 is 1.94 bits per heavy atom. The van der Waals surface area contributed by atoms with Crippen LogP contribution in [0.15, 0.2) is 42.2 Å². The highest BCUT2D eigenvalue weighted by molar-refractivity contribution is 14.1. The highest BCUT2D eigenvalue weighted by Gasteiger charge is 2.60. The van der Waals surface area contributed by atoms with E-state index >= 15 is 0 Å². The third kappa shape index (κ3) is 3.57. The molecule has 0 aromatic heterocycles. The number of Topliss-reactive ketones (excluding diaryl/α,β-unsaturated/α-hetero) is 1. The van der Waals surface area contributed by atoms with Gasteiger partial charge in [0.05, 0.1) is 14.2 Å². The monoisotopic (exact) mass is 552 g/mol. The van der Waals surface area contributed by atoms with E-state index in [4.69, 9.17) is 30.5 Å². The van der Waals surface area contributed by atoms with Crippen LogP contribution in [0.25, 0.3) is 0 Å². The van der Waals surface area contributed by atoms with E-state index < -0.39 is 11.5 Å². The quantitative estimate of drug-likeness (QED) is 0.487. The number of ketones is 2. The van der Waals surface area contributed by atoms with Gasteiger partial charge in [-0.25, -0.2) is 0 Å². The minimum absolute atomic E-state index is 0.126. The molecule has 1 spiro atoms. The Bertz CT molecular complexity index is 1110. The molecule has 1 heterocycles. The first-order chi connectivity index (χ1) is 14.8. The zero-order valence-electron chi connectivity index (χ0n) is 17.2. The Kier molecular flexibility index (Phi) is 5.91. The number of fused-ring (bicyclic) bond motifs is 1.